The molecular weight excluding hydrogens is 274 g/mol. The van der Waals surface area contributed by atoms with Gasteiger partial charge in [-0.15, -0.1) is 0 Å². The molecule has 104 valence electrons. The van der Waals surface area contributed by atoms with E-state index >= 15 is 0 Å². The molecule has 0 aliphatic heterocycles. The number of aryl methyl sites for hydroxylation is 1. The molecule has 0 aliphatic carbocycles. The lowest BCUT2D eigenvalue weighted by atomic mass is 10.0. The van der Waals surface area contributed by atoms with Crippen LogP contribution in [0, 0.1) is 6.92 Å². The van der Waals surface area contributed by atoms with Gasteiger partial charge in [-0.3, -0.25) is 10.1 Å². The topological polar surface area (TPSA) is 49.3 Å². The van der Waals surface area contributed by atoms with Gasteiger partial charge in [0.15, 0.2) is 0 Å². The Morgan fingerprint density at radius 1 is 1.25 bits per heavy atom. The maximum Gasteiger partial charge on any atom is 0.325 e. The average molecular weight is 290 g/mol. The Bertz CT molecular complexity index is 599. The number of benzene rings is 2. The molecule has 0 radical (unpaired) electrons. The van der Waals surface area contributed by atoms with Crippen LogP contribution in [0.4, 0.5) is 0 Å². The van der Waals surface area contributed by atoms with Gasteiger partial charge in [-0.2, -0.15) is 0 Å². The van der Waals surface area contributed by atoms with E-state index in [-0.39, 0.29) is 0 Å². The lowest BCUT2D eigenvalue weighted by Gasteiger charge is -2.15. The summed E-state index contributed by atoms with van der Waals surface area (Å²) in [5, 5.41) is 13.0. The number of halogens is 1. The van der Waals surface area contributed by atoms with Crippen molar-refractivity contribution >= 4 is 17.6 Å². The van der Waals surface area contributed by atoms with E-state index in [0.717, 1.165) is 11.1 Å². The first-order chi connectivity index (χ1) is 9.58. The number of carbonyl (C=O) groups is 1. The molecule has 2 N–H and O–H groups in total. The summed E-state index contributed by atoms with van der Waals surface area (Å²) in [5.74, 6) is -0.916. The minimum Gasteiger partial charge on any atom is -0.480 e. The third kappa shape index (κ3) is 3.59. The zero-order chi connectivity index (χ0) is 14.5. The van der Waals surface area contributed by atoms with Gasteiger partial charge in [-0.25, -0.2) is 0 Å². The lowest BCUT2D eigenvalue weighted by molar-refractivity contribution is -0.139. The molecule has 0 amide bonds. The summed E-state index contributed by atoms with van der Waals surface area (Å²) in [6.45, 7) is 2.38. The Kier molecular flexibility index (Phi) is 4.77. The van der Waals surface area contributed by atoms with E-state index in [1.165, 1.54) is 0 Å². The molecule has 0 fully saturated rings. The molecule has 20 heavy (non-hydrogen) atoms. The number of nitrogens with one attached hydrogen (secondary N) is 1. The smallest absolute Gasteiger partial charge is 0.325 e. The van der Waals surface area contributed by atoms with E-state index in [1.54, 1.807) is 12.1 Å². The third-order valence-corrected chi connectivity index (χ3v) is 3.54. The van der Waals surface area contributed by atoms with Crippen LogP contribution in [0.1, 0.15) is 22.7 Å². The van der Waals surface area contributed by atoms with Crippen LogP contribution in [0.3, 0.4) is 0 Å². The molecule has 0 saturated heterocycles. The second-order valence-electron chi connectivity index (χ2n) is 4.65. The normalized spacial score (nSPS) is 12.1. The van der Waals surface area contributed by atoms with Crippen LogP contribution in [0.25, 0.3) is 0 Å². The highest BCUT2D eigenvalue weighted by Crippen LogP contribution is 2.22. The second-order valence-corrected chi connectivity index (χ2v) is 5.05. The van der Waals surface area contributed by atoms with Crippen LogP contribution in [0.15, 0.2) is 48.5 Å². The molecule has 2 aromatic carbocycles. The van der Waals surface area contributed by atoms with Gasteiger partial charge in [-0.05, 0) is 29.7 Å². The highest BCUT2D eigenvalue weighted by molar-refractivity contribution is 6.31. The van der Waals surface area contributed by atoms with Crippen molar-refractivity contribution in [3.8, 4) is 0 Å². The van der Waals surface area contributed by atoms with Gasteiger partial charge in [0.25, 0.3) is 0 Å². The fraction of sp³-hybridized carbons (Fsp3) is 0.188. The van der Waals surface area contributed by atoms with Crippen LogP contribution >= 0.6 is 11.6 Å². The number of hydrogen-bond acceptors (Lipinski definition) is 2. The van der Waals surface area contributed by atoms with Crippen LogP contribution in [0.2, 0.25) is 5.02 Å². The van der Waals surface area contributed by atoms with Gasteiger partial charge in [0.1, 0.15) is 6.04 Å². The summed E-state index contributed by atoms with van der Waals surface area (Å²) in [4.78, 5) is 11.4. The van der Waals surface area contributed by atoms with Crippen LogP contribution in [-0.4, -0.2) is 11.1 Å². The lowest BCUT2D eigenvalue weighted by Crippen LogP contribution is -2.28. The number of rotatable bonds is 5. The molecule has 0 spiro atoms. The predicted molar refractivity (Wildman–Crippen MR) is 79.8 cm³/mol. The number of aliphatic carboxylic acids is 1. The highest BCUT2D eigenvalue weighted by Gasteiger charge is 2.19. The first-order valence-corrected chi connectivity index (χ1v) is 6.72. The molecule has 0 aromatic heterocycles. The van der Waals surface area contributed by atoms with Crippen LogP contribution in [-0.2, 0) is 11.3 Å². The SMILES string of the molecule is Cc1ccc(C(NCc2ccccc2)C(=O)O)cc1Cl. The molecule has 1 unspecified atom stereocenters. The summed E-state index contributed by atoms with van der Waals surface area (Å²) in [6.07, 6.45) is 0. The largest absolute Gasteiger partial charge is 0.480 e. The van der Waals surface area contributed by atoms with E-state index in [9.17, 15) is 9.90 Å². The Morgan fingerprint density at radius 3 is 2.55 bits per heavy atom. The maximum atomic E-state index is 11.4. The summed E-state index contributed by atoms with van der Waals surface area (Å²) >= 11 is 6.06. The zero-order valence-corrected chi connectivity index (χ0v) is 11.9. The van der Waals surface area contributed by atoms with Crippen LogP contribution in [0.5, 0.6) is 0 Å². The number of carboxylic acids is 1. The second kappa shape index (κ2) is 6.55. The van der Waals surface area contributed by atoms with Gasteiger partial charge < -0.3 is 5.11 Å². The first kappa shape index (κ1) is 14.6. The molecule has 2 aromatic rings. The molecule has 0 saturated carbocycles. The number of carboxylic acid groups (broad SMARTS) is 1. The molecule has 0 bridgehead atoms. The third-order valence-electron chi connectivity index (χ3n) is 3.13. The number of hydrogen-bond donors (Lipinski definition) is 2. The van der Waals surface area contributed by atoms with Gasteiger partial charge in [0.05, 0.1) is 0 Å². The minimum atomic E-state index is -0.916. The fourth-order valence-corrected chi connectivity index (χ4v) is 2.14. The predicted octanol–water partition coefficient (Wildman–Crippen LogP) is 3.56. The first-order valence-electron chi connectivity index (χ1n) is 6.34. The minimum absolute atomic E-state index is 0.489. The van der Waals surface area contributed by atoms with E-state index in [0.29, 0.717) is 17.1 Å². The maximum absolute atomic E-state index is 11.4. The molecule has 3 nitrogen and oxygen atoms in total. The standard InChI is InChI=1S/C16H16ClNO2/c1-11-7-8-13(9-14(11)17)15(16(19)20)18-10-12-5-3-2-4-6-12/h2-9,15,18H,10H2,1H3,(H,19,20). The van der Waals surface area contributed by atoms with E-state index in [4.69, 9.17) is 11.6 Å². The van der Waals surface area contributed by atoms with Gasteiger partial charge in [-0.1, -0.05) is 54.1 Å². The summed E-state index contributed by atoms with van der Waals surface area (Å²) in [7, 11) is 0. The molecule has 4 heteroatoms. The molecule has 1 atom stereocenters. The van der Waals surface area contributed by atoms with E-state index in [1.807, 2.05) is 43.3 Å². The van der Waals surface area contributed by atoms with E-state index in [2.05, 4.69) is 5.32 Å². The van der Waals surface area contributed by atoms with Crippen molar-refractivity contribution in [2.45, 2.75) is 19.5 Å². The zero-order valence-electron chi connectivity index (χ0n) is 11.1. The highest BCUT2D eigenvalue weighted by atomic mass is 35.5. The van der Waals surface area contributed by atoms with E-state index < -0.39 is 12.0 Å². The van der Waals surface area contributed by atoms with Gasteiger partial charge in [0.2, 0.25) is 0 Å². The summed E-state index contributed by atoms with van der Waals surface area (Å²) in [6, 6.07) is 14.2. The van der Waals surface area contributed by atoms with Crippen LogP contribution < -0.4 is 5.32 Å². The van der Waals surface area contributed by atoms with Gasteiger partial charge in [0, 0.05) is 11.6 Å². The molecule has 2 rings (SSSR count). The van der Waals surface area contributed by atoms with Gasteiger partial charge >= 0.3 is 5.97 Å². The monoisotopic (exact) mass is 289 g/mol. The van der Waals surface area contributed by atoms with Crippen molar-refractivity contribution in [1.29, 1.82) is 0 Å². The fourth-order valence-electron chi connectivity index (χ4n) is 1.95. The van der Waals surface area contributed by atoms with Crippen molar-refractivity contribution < 1.29 is 9.90 Å². The Hall–Kier alpha value is -1.84. The summed E-state index contributed by atoms with van der Waals surface area (Å²) in [5.41, 5.74) is 2.63. The quantitative estimate of drug-likeness (QED) is 0.885. The Morgan fingerprint density at radius 2 is 1.95 bits per heavy atom. The average Bonchev–Trinajstić information content (AvgIpc) is 2.43. The summed E-state index contributed by atoms with van der Waals surface area (Å²) < 4.78 is 0. The van der Waals surface area contributed by atoms with Crippen molar-refractivity contribution in [1.82, 2.24) is 5.32 Å². The van der Waals surface area contributed by atoms with Crippen molar-refractivity contribution in [3.63, 3.8) is 0 Å². The molecule has 0 aliphatic rings. The Balaban J connectivity index is 2.15. The molecular formula is C16H16ClNO2. The van der Waals surface area contributed by atoms with Crippen molar-refractivity contribution in [2.24, 2.45) is 0 Å². The van der Waals surface area contributed by atoms with Crippen molar-refractivity contribution in [3.05, 3.63) is 70.2 Å². The Labute approximate surface area is 123 Å². The van der Waals surface area contributed by atoms with Crippen molar-refractivity contribution in [2.75, 3.05) is 0 Å². The molecule has 0 heterocycles.